The van der Waals surface area contributed by atoms with Crippen molar-refractivity contribution in [2.45, 2.75) is 31.8 Å². The lowest BCUT2D eigenvalue weighted by Crippen LogP contribution is -2.42. The second-order valence-corrected chi connectivity index (χ2v) is 5.42. The summed E-state index contributed by atoms with van der Waals surface area (Å²) in [6, 6.07) is -0.296. The highest BCUT2D eigenvalue weighted by atomic mass is 16.3. The first-order valence-electron chi connectivity index (χ1n) is 7.00. The van der Waals surface area contributed by atoms with E-state index in [2.05, 4.69) is 0 Å². The molecule has 7 heteroatoms. The number of aliphatic hydroxyl groups excluding tert-OH is 1. The first-order valence-corrected chi connectivity index (χ1v) is 7.00. The summed E-state index contributed by atoms with van der Waals surface area (Å²) in [5, 5.41) is 9.53. The Bertz CT molecular complexity index is 412. The molecule has 2 rings (SSSR count). The summed E-state index contributed by atoms with van der Waals surface area (Å²) in [6.45, 7) is 1.47. The Labute approximate surface area is 118 Å². The Hall–Kier alpha value is -1.63. The van der Waals surface area contributed by atoms with Crippen molar-refractivity contribution in [2.24, 2.45) is 0 Å². The van der Waals surface area contributed by atoms with E-state index >= 15 is 0 Å². The van der Waals surface area contributed by atoms with Crippen LogP contribution in [0.15, 0.2) is 0 Å². The Morgan fingerprint density at radius 2 is 2.15 bits per heavy atom. The lowest BCUT2D eigenvalue weighted by molar-refractivity contribution is -0.134. The molecule has 0 bridgehead atoms. The zero-order chi connectivity index (χ0) is 14.7. The number of hydrogen-bond acceptors (Lipinski definition) is 4. The minimum atomic E-state index is -0.428. The molecular formula is C13H21N3O4. The van der Waals surface area contributed by atoms with Gasteiger partial charge in [-0.25, -0.2) is 4.79 Å². The minimum absolute atomic E-state index is 0.0174. The number of carbonyl (C=O) groups excluding carboxylic acids is 3. The van der Waals surface area contributed by atoms with Crippen molar-refractivity contribution in [3.63, 3.8) is 0 Å². The molecule has 1 N–H and O–H groups in total. The molecule has 0 aromatic carbocycles. The Morgan fingerprint density at radius 3 is 2.75 bits per heavy atom. The standard InChI is InChI=1S/C13H21N3O4/c1-14-9-12(19)16(13(14)20)7-3-5-11(18)15-6-2-4-10(17)8-15/h10,17H,2-9H2,1H3. The predicted molar refractivity (Wildman–Crippen MR) is 70.8 cm³/mol. The Balaban J connectivity index is 1.74. The molecule has 112 valence electrons. The van der Waals surface area contributed by atoms with Crippen LogP contribution in [0.1, 0.15) is 25.7 Å². The second-order valence-electron chi connectivity index (χ2n) is 5.42. The highest BCUT2D eigenvalue weighted by Crippen LogP contribution is 2.13. The smallest absolute Gasteiger partial charge is 0.326 e. The maximum absolute atomic E-state index is 12.0. The Morgan fingerprint density at radius 1 is 1.40 bits per heavy atom. The van der Waals surface area contributed by atoms with Gasteiger partial charge in [-0.05, 0) is 19.3 Å². The SMILES string of the molecule is CN1CC(=O)N(CCCC(=O)N2CCCC(O)C2)C1=O. The molecule has 7 nitrogen and oxygen atoms in total. The third kappa shape index (κ3) is 3.27. The molecule has 0 aliphatic carbocycles. The molecule has 2 aliphatic rings. The molecule has 0 radical (unpaired) electrons. The zero-order valence-electron chi connectivity index (χ0n) is 11.7. The van der Waals surface area contributed by atoms with Crippen molar-refractivity contribution in [1.82, 2.24) is 14.7 Å². The molecule has 1 unspecified atom stereocenters. The van der Waals surface area contributed by atoms with E-state index < -0.39 is 6.10 Å². The molecule has 20 heavy (non-hydrogen) atoms. The zero-order valence-corrected chi connectivity index (χ0v) is 11.7. The molecule has 2 heterocycles. The third-order valence-electron chi connectivity index (χ3n) is 3.75. The van der Waals surface area contributed by atoms with E-state index in [9.17, 15) is 19.5 Å². The average Bonchev–Trinajstić information content (AvgIpc) is 2.65. The maximum Gasteiger partial charge on any atom is 0.326 e. The molecule has 2 aliphatic heterocycles. The number of likely N-dealkylation sites (N-methyl/N-ethyl adjacent to an activating group) is 1. The lowest BCUT2D eigenvalue weighted by atomic mass is 10.1. The number of β-amino-alcohol motifs (C(OH)–C–C–N with tert-alkyl or cyclic N) is 1. The highest BCUT2D eigenvalue weighted by Gasteiger charge is 2.33. The van der Waals surface area contributed by atoms with Crippen LogP contribution in [0.5, 0.6) is 0 Å². The van der Waals surface area contributed by atoms with Crippen molar-refractivity contribution in [3.05, 3.63) is 0 Å². The molecule has 0 spiro atoms. The van der Waals surface area contributed by atoms with Gasteiger partial charge in [-0.2, -0.15) is 0 Å². The van der Waals surface area contributed by atoms with E-state index in [1.165, 1.54) is 9.80 Å². The highest BCUT2D eigenvalue weighted by molar-refractivity contribution is 6.01. The van der Waals surface area contributed by atoms with Crippen LogP contribution in [0.3, 0.4) is 0 Å². The molecule has 2 fully saturated rings. The minimum Gasteiger partial charge on any atom is -0.391 e. The van der Waals surface area contributed by atoms with Gasteiger partial charge in [0.15, 0.2) is 0 Å². The van der Waals surface area contributed by atoms with E-state index in [1.807, 2.05) is 0 Å². The van der Waals surface area contributed by atoms with Crippen molar-refractivity contribution < 1.29 is 19.5 Å². The first-order chi connectivity index (χ1) is 9.49. The number of nitrogens with zero attached hydrogens (tertiary/aromatic N) is 3. The molecule has 1 atom stereocenters. The topological polar surface area (TPSA) is 81.2 Å². The fraction of sp³-hybridized carbons (Fsp3) is 0.769. The van der Waals surface area contributed by atoms with Crippen LogP contribution in [0.4, 0.5) is 4.79 Å². The normalized spacial score (nSPS) is 23.7. The van der Waals surface area contributed by atoms with Gasteiger partial charge in [0.1, 0.15) is 6.54 Å². The average molecular weight is 283 g/mol. The van der Waals surface area contributed by atoms with Crippen LogP contribution in [0.25, 0.3) is 0 Å². The van der Waals surface area contributed by atoms with Crippen molar-refractivity contribution in [1.29, 1.82) is 0 Å². The summed E-state index contributed by atoms with van der Waals surface area (Å²) in [5.74, 6) is -0.227. The van der Waals surface area contributed by atoms with E-state index in [0.29, 0.717) is 25.9 Å². The largest absolute Gasteiger partial charge is 0.391 e. The van der Waals surface area contributed by atoms with Crippen LogP contribution >= 0.6 is 0 Å². The third-order valence-corrected chi connectivity index (χ3v) is 3.75. The number of carbonyl (C=O) groups is 3. The fourth-order valence-electron chi connectivity index (χ4n) is 2.62. The molecule has 4 amide bonds. The van der Waals surface area contributed by atoms with Gasteiger partial charge in [0, 0.05) is 33.1 Å². The number of likely N-dealkylation sites (tertiary alicyclic amines) is 1. The fourth-order valence-corrected chi connectivity index (χ4v) is 2.62. The Kier molecular flexibility index (Phi) is 4.59. The van der Waals surface area contributed by atoms with Crippen LogP contribution in [0, 0.1) is 0 Å². The molecule has 0 saturated carbocycles. The van der Waals surface area contributed by atoms with Crippen LogP contribution < -0.4 is 0 Å². The number of urea groups is 1. The van der Waals surface area contributed by atoms with Crippen molar-refractivity contribution in [2.75, 3.05) is 33.2 Å². The van der Waals surface area contributed by atoms with E-state index in [0.717, 1.165) is 12.8 Å². The maximum atomic E-state index is 12.0. The van der Waals surface area contributed by atoms with Crippen molar-refractivity contribution in [3.8, 4) is 0 Å². The number of hydrogen-bond donors (Lipinski definition) is 1. The summed E-state index contributed by atoms with van der Waals surface area (Å²) >= 11 is 0. The number of imide groups is 1. The van der Waals surface area contributed by atoms with E-state index in [-0.39, 0.29) is 30.9 Å². The summed E-state index contributed by atoms with van der Waals surface area (Å²) < 4.78 is 0. The van der Waals surface area contributed by atoms with Gasteiger partial charge in [0.2, 0.25) is 11.8 Å². The van der Waals surface area contributed by atoms with E-state index in [1.54, 1.807) is 11.9 Å². The van der Waals surface area contributed by atoms with Gasteiger partial charge in [-0.3, -0.25) is 14.5 Å². The molecular weight excluding hydrogens is 262 g/mol. The van der Waals surface area contributed by atoms with Gasteiger partial charge in [0.05, 0.1) is 6.10 Å². The predicted octanol–water partition coefficient (Wildman–Crippen LogP) is -0.356. The molecule has 0 aromatic rings. The number of piperidine rings is 1. The van der Waals surface area contributed by atoms with Crippen LogP contribution in [0.2, 0.25) is 0 Å². The van der Waals surface area contributed by atoms with Crippen LogP contribution in [-0.2, 0) is 9.59 Å². The lowest BCUT2D eigenvalue weighted by Gasteiger charge is -2.30. The summed E-state index contributed by atoms with van der Waals surface area (Å²) in [5.41, 5.74) is 0. The monoisotopic (exact) mass is 283 g/mol. The molecule has 2 saturated heterocycles. The van der Waals surface area contributed by atoms with Gasteiger partial charge in [-0.15, -0.1) is 0 Å². The summed E-state index contributed by atoms with van der Waals surface area (Å²) in [6.07, 6.45) is 1.90. The van der Waals surface area contributed by atoms with Gasteiger partial charge >= 0.3 is 6.03 Å². The van der Waals surface area contributed by atoms with Gasteiger partial charge in [-0.1, -0.05) is 0 Å². The van der Waals surface area contributed by atoms with E-state index in [4.69, 9.17) is 0 Å². The number of amides is 4. The van der Waals surface area contributed by atoms with Crippen LogP contribution in [-0.4, -0.2) is 77.0 Å². The number of rotatable bonds is 4. The summed E-state index contributed by atoms with van der Waals surface area (Å²) in [4.78, 5) is 39.4. The number of aliphatic hydroxyl groups is 1. The summed E-state index contributed by atoms with van der Waals surface area (Å²) in [7, 11) is 1.58. The van der Waals surface area contributed by atoms with Gasteiger partial charge < -0.3 is 14.9 Å². The first kappa shape index (κ1) is 14.8. The second kappa shape index (κ2) is 6.21. The van der Waals surface area contributed by atoms with Crippen molar-refractivity contribution >= 4 is 17.8 Å². The quantitative estimate of drug-likeness (QED) is 0.715. The molecule has 0 aromatic heterocycles. The van der Waals surface area contributed by atoms with Gasteiger partial charge in [0.25, 0.3) is 0 Å².